The van der Waals surface area contributed by atoms with Crippen molar-refractivity contribution in [3.63, 3.8) is 0 Å². The topological polar surface area (TPSA) is 89.0 Å². The van der Waals surface area contributed by atoms with Crippen LogP contribution in [0.3, 0.4) is 0 Å². The summed E-state index contributed by atoms with van der Waals surface area (Å²) in [5.41, 5.74) is 7.95. The first-order valence-electron chi connectivity index (χ1n) is 10.5. The maximum absolute atomic E-state index is 12.8. The third kappa shape index (κ3) is 6.12. The molecule has 0 spiro atoms. The molecule has 34 heavy (non-hydrogen) atoms. The minimum atomic E-state index is -4.03. The van der Waals surface area contributed by atoms with Gasteiger partial charge < -0.3 is 14.2 Å². The van der Waals surface area contributed by atoms with Gasteiger partial charge in [0, 0.05) is 5.69 Å². The first-order valence-corrected chi connectivity index (χ1v) is 12.3. The van der Waals surface area contributed by atoms with E-state index in [2.05, 4.69) is 15.8 Å². The summed E-state index contributed by atoms with van der Waals surface area (Å²) >= 11 is 5.32. The molecule has 0 unspecified atom stereocenters. The molecule has 0 fully saturated rings. The first kappa shape index (κ1) is 25.2. The number of rotatable bonds is 7. The lowest BCUT2D eigenvalue weighted by Gasteiger charge is -2.13. The molecular weight excluding hydrogens is 470 g/mol. The molecule has 3 rings (SSSR count). The number of hydrogen-bond acceptors (Lipinski definition) is 6. The molecule has 3 aromatic rings. The molecule has 0 aliphatic heterocycles. The summed E-state index contributed by atoms with van der Waals surface area (Å²) in [6, 6.07) is 16.0. The summed E-state index contributed by atoms with van der Waals surface area (Å²) in [5, 5.41) is 7.64. The van der Waals surface area contributed by atoms with Gasteiger partial charge in [0.25, 0.3) is 0 Å². The second-order valence-electron chi connectivity index (χ2n) is 7.81. The fourth-order valence-electron chi connectivity index (χ4n) is 3.29. The molecule has 0 radical (unpaired) electrons. The predicted molar refractivity (Wildman–Crippen MR) is 140 cm³/mol. The lowest BCUT2D eigenvalue weighted by molar-refractivity contribution is 0.390. The molecule has 0 saturated heterocycles. The van der Waals surface area contributed by atoms with Crippen LogP contribution in [0, 0.1) is 27.7 Å². The zero-order valence-electron chi connectivity index (χ0n) is 19.7. The minimum absolute atomic E-state index is 0.0840. The van der Waals surface area contributed by atoms with E-state index in [1.807, 2.05) is 45.0 Å². The van der Waals surface area contributed by atoms with E-state index in [1.54, 1.807) is 37.4 Å². The van der Waals surface area contributed by atoms with Gasteiger partial charge in [-0.15, -0.1) is 0 Å². The average molecular weight is 498 g/mol. The highest BCUT2D eigenvalue weighted by Gasteiger charge is 2.21. The van der Waals surface area contributed by atoms with Crippen molar-refractivity contribution >= 4 is 39.4 Å². The monoisotopic (exact) mass is 497 g/mol. The fraction of sp³-hybridized carbons (Fsp3) is 0.200. The second-order valence-corrected chi connectivity index (χ2v) is 9.73. The van der Waals surface area contributed by atoms with Gasteiger partial charge in [0.05, 0.1) is 13.3 Å². The maximum atomic E-state index is 12.8. The molecule has 0 heterocycles. The van der Waals surface area contributed by atoms with E-state index in [4.69, 9.17) is 21.1 Å². The van der Waals surface area contributed by atoms with Gasteiger partial charge in [-0.1, -0.05) is 30.3 Å². The molecule has 0 aliphatic rings. The van der Waals surface area contributed by atoms with Crippen molar-refractivity contribution in [2.24, 2.45) is 5.10 Å². The number of nitrogens with zero attached hydrogens (tertiary/aromatic N) is 1. The molecular formula is C25H27N3O4S2. The highest BCUT2D eigenvalue weighted by Crippen LogP contribution is 2.31. The zero-order valence-corrected chi connectivity index (χ0v) is 21.3. The lowest BCUT2D eigenvalue weighted by Crippen LogP contribution is -2.24. The Morgan fingerprint density at radius 1 is 0.941 bits per heavy atom. The summed E-state index contributed by atoms with van der Waals surface area (Å²) in [6.45, 7) is 7.54. The minimum Gasteiger partial charge on any atom is -0.493 e. The van der Waals surface area contributed by atoms with Crippen molar-refractivity contribution in [3.05, 3.63) is 82.4 Å². The van der Waals surface area contributed by atoms with Gasteiger partial charge in [0.1, 0.15) is 4.90 Å². The largest absolute Gasteiger partial charge is 0.493 e. The van der Waals surface area contributed by atoms with Crippen molar-refractivity contribution in [2.45, 2.75) is 32.6 Å². The number of ether oxygens (including phenoxy) is 1. The fourth-order valence-corrected chi connectivity index (χ4v) is 4.70. The van der Waals surface area contributed by atoms with Crippen LogP contribution in [-0.4, -0.2) is 26.9 Å². The molecule has 9 heteroatoms. The Morgan fingerprint density at radius 2 is 1.65 bits per heavy atom. The van der Waals surface area contributed by atoms with Gasteiger partial charge in [-0.25, -0.2) is 0 Å². The highest BCUT2D eigenvalue weighted by molar-refractivity contribution is 7.87. The Labute approximate surface area is 205 Å². The van der Waals surface area contributed by atoms with E-state index in [1.165, 1.54) is 13.2 Å². The van der Waals surface area contributed by atoms with Gasteiger partial charge >= 0.3 is 10.1 Å². The SMILES string of the molecule is COc1cc(/C=N/NC(=S)Nc2c(C)cccc2C)ccc1OS(=O)(=O)c1cc(C)ccc1C. The quantitative estimate of drug-likeness (QED) is 0.205. The maximum Gasteiger partial charge on any atom is 0.339 e. The number of methoxy groups -OCH3 is 1. The highest BCUT2D eigenvalue weighted by atomic mass is 32.2. The third-order valence-electron chi connectivity index (χ3n) is 5.10. The third-order valence-corrected chi connectivity index (χ3v) is 6.67. The predicted octanol–water partition coefficient (Wildman–Crippen LogP) is 5.02. The normalized spacial score (nSPS) is 11.3. The molecule has 0 bridgehead atoms. The van der Waals surface area contributed by atoms with Crippen LogP contribution in [0.25, 0.3) is 0 Å². The number of anilines is 1. The Morgan fingerprint density at radius 3 is 2.32 bits per heavy atom. The van der Waals surface area contributed by atoms with Gasteiger partial charge in [0.15, 0.2) is 16.6 Å². The first-order chi connectivity index (χ1) is 16.1. The van der Waals surface area contributed by atoms with Gasteiger partial charge in [-0.2, -0.15) is 13.5 Å². The van der Waals surface area contributed by atoms with E-state index < -0.39 is 10.1 Å². The van der Waals surface area contributed by atoms with Gasteiger partial charge in [-0.05, 0) is 92.0 Å². The summed E-state index contributed by atoms with van der Waals surface area (Å²) in [4.78, 5) is 0.120. The van der Waals surface area contributed by atoms with Crippen LogP contribution in [0.15, 0.2) is 64.6 Å². The van der Waals surface area contributed by atoms with E-state index >= 15 is 0 Å². The number of benzene rings is 3. The Balaban J connectivity index is 1.72. The number of hydrazone groups is 1. The van der Waals surface area contributed by atoms with Gasteiger partial charge in [-0.3, -0.25) is 5.43 Å². The summed E-state index contributed by atoms with van der Waals surface area (Å²) in [5.74, 6) is 0.342. The van der Waals surface area contributed by atoms with Crippen LogP contribution < -0.4 is 19.7 Å². The number of aryl methyl sites for hydroxylation is 4. The number of hydrogen-bond donors (Lipinski definition) is 2. The zero-order chi connectivity index (χ0) is 24.9. The molecule has 3 aromatic carbocycles. The van der Waals surface area contributed by atoms with Gasteiger partial charge in [0.2, 0.25) is 0 Å². The van der Waals surface area contributed by atoms with Crippen molar-refractivity contribution in [1.29, 1.82) is 0 Å². The van der Waals surface area contributed by atoms with E-state index in [0.29, 0.717) is 16.2 Å². The number of para-hydroxylation sites is 1. The van der Waals surface area contributed by atoms with E-state index in [9.17, 15) is 8.42 Å². The molecule has 0 aliphatic carbocycles. The van der Waals surface area contributed by atoms with Crippen molar-refractivity contribution in [2.75, 3.05) is 12.4 Å². The number of nitrogens with one attached hydrogen (secondary N) is 2. The lowest BCUT2D eigenvalue weighted by atomic mass is 10.1. The summed E-state index contributed by atoms with van der Waals surface area (Å²) < 4.78 is 36.4. The summed E-state index contributed by atoms with van der Waals surface area (Å²) in [6.07, 6.45) is 1.55. The standard InChI is InChI=1S/C25H27N3O4S2/c1-16-9-10-17(2)23(13-16)34(29,30)32-21-12-11-20(14-22(21)31-5)15-26-28-25(33)27-24-18(3)7-6-8-19(24)4/h6-15H,1-5H3,(H2,27,28,33)/b26-15+. The number of thiocarbonyl (C=S) groups is 1. The molecule has 0 amide bonds. The average Bonchev–Trinajstić information content (AvgIpc) is 2.78. The second kappa shape index (κ2) is 10.7. The Kier molecular flexibility index (Phi) is 7.90. The van der Waals surface area contributed by atoms with Crippen LogP contribution in [0.4, 0.5) is 5.69 Å². The summed E-state index contributed by atoms with van der Waals surface area (Å²) in [7, 11) is -2.59. The van der Waals surface area contributed by atoms with E-state index in [-0.39, 0.29) is 16.4 Å². The molecule has 7 nitrogen and oxygen atoms in total. The molecule has 0 aromatic heterocycles. The van der Waals surface area contributed by atoms with Crippen LogP contribution in [0.5, 0.6) is 11.5 Å². The molecule has 0 saturated carbocycles. The van der Waals surface area contributed by atoms with Crippen molar-refractivity contribution < 1.29 is 17.3 Å². The van der Waals surface area contributed by atoms with Crippen LogP contribution in [-0.2, 0) is 10.1 Å². The van der Waals surface area contributed by atoms with Crippen LogP contribution in [0.2, 0.25) is 0 Å². The van der Waals surface area contributed by atoms with Crippen molar-refractivity contribution in [3.8, 4) is 11.5 Å². The Hall–Kier alpha value is -3.43. The van der Waals surface area contributed by atoms with Crippen molar-refractivity contribution in [1.82, 2.24) is 5.43 Å². The smallest absolute Gasteiger partial charge is 0.339 e. The molecule has 2 N–H and O–H groups in total. The molecule has 0 atom stereocenters. The molecule has 178 valence electrons. The van der Waals surface area contributed by atoms with E-state index in [0.717, 1.165) is 22.4 Å². The Bertz CT molecular complexity index is 1330. The van der Waals surface area contributed by atoms with Crippen LogP contribution >= 0.6 is 12.2 Å². The van der Waals surface area contributed by atoms with Crippen LogP contribution in [0.1, 0.15) is 27.8 Å².